The van der Waals surface area contributed by atoms with Crippen molar-refractivity contribution in [2.75, 3.05) is 13.2 Å². The number of fused-ring (bicyclic) bond motifs is 1. The predicted octanol–water partition coefficient (Wildman–Crippen LogP) is 4.47. The molecule has 1 aliphatic carbocycles. The SMILES string of the molecule is Cc1cc2c(cc1C#N)c(Br)cn2C1CCC(C)(OCCO)CC1. The number of ether oxygens (including phenoxy) is 1. The normalized spacial score (nSPS) is 24.2. The molecule has 0 amide bonds. The molecule has 3 rings (SSSR count). The van der Waals surface area contributed by atoms with Crippen LogP contribution in [-0.4, -0.2) is 28.5 Å². The Balaban J connectivity index is 1.86. The molecule has 1 heterocycles. The third-order valence-electron chi connectivity index (χ3n) is 5.20. The van der Waals surface area contributed by atoms with Gasteiger partial charge >= 0.3 is 0 Å². The molecule has 0 bridgehead atoms. The van der Waals surface area contributed by atoms with Crippen molar-refractivity contribution in [2.45, 2.75) is 51.2 Å². The molecule has 0 saturated heterocycles. The summed E-state index contributed by atoms with van der Waals surface area (Å²) in [7, 11) is 0. The highest BCUT2D eigenvalue weighted by molar-refractivity contribution is 9.10. The van der Waals surface area contributed by atoms with E-state index in [1.807, 2.05) is 13.0 Å². The van der Waals surface area contributed by atoms with Crippen molar-refractivity contribution in [3.63, 3.8) is 0 Å². The van der Waals surface area contributed by atoms with Gasteiger partial charge in [-0.2, -0.15) is 5.26 Å². The van der Waals surface area contributed by atoms with Gasteiger partial charge in [0.2, 0.25) is 0 Å². The van der Waals surface area contributed by atoms with Gasteiger partial charge in [0.15, 0.2) is 0 Å². The summed E-state index contributed by atoms with van der Waals surface area (Å²) in [5, 5.41) is 19.3. The number of hydrogen-bond donors (Lipinski definition) is 1. The van der Waals surface area contributed by atoms with Gasteiger partial charge < -0.3 is 14.4 Å². The van der Waals surface area contributed by atoms with Crippen LogP contribution in [0.2, 0.25) is 0 Å². The first-order chi connectivity index (χ1) is 11.5. The summed E-state index contributed by atoms with van der Waals surface area (Å²) in [4.78, 5) is 0. The zero-order valence-corrected chi connectivity index (χ0v) is 15.8. The van der Waals surface area contributed by atoms with Gasteiger partial charge in [-0.25, -0.2) is 0 Å². The standard InChI is InChI=1S/C19H23BrN2O2/c1-13-9-18-16(10-14(13)11-21)17(20)12-22(18)15-3-5-19(2,6-4-15)24-8-7-23/h9-10,12,15,23H,3-8H2,1-2H3. The van der Waals surface area contributed by atoms with E-state index in [4.69, 9.17) is 9.84 Å². The van der Waals surface area contributed by atoms with Gasteiger partial charge in [-0.1, -0.05) is 0 Å². The van der Waals surface area contributed by atoms with E-state index < -0.39 is 0 Å². The Hall–Kier alpha value is -1.35. The molecule has 0 unspecified atom stereocenters. The number of benzene rings is 1. The molecule has 0 atom stereocenters. The average Bonchev–Trinajstić information content (AvgIpc) is 2.89. The van der Waals surface area contributed by atoms with Crippen molar-refractivity contribution in [3.8, 4) is 6.07 Å². The lowest BCUT2D eigenvalue weighted by Gasteiger charge is -2.38. The highest BCUT2D eigenvalue weighted by Crippen LogP contribution is 2.40. The molecule has 0 radical (unpaired) electrons. The van der Waals surface area contributed by atoms with E-state index in [-0.39, 0.29) is 12.2 Å². The van der Waals surface area contributed by atoms with Crippen LogP contribution in [0, 0.1) is 18.3 Å². The maximum atomic E-state index is 9.25. The second kappa shape index (κ2) is 6.87. The molecular formula is C19H23BrN2O2. The first-order valence-electron chi connectivity index (χ1n) is 8.43. The number of halogens is 1. The van der Waals surface area contributed by atoms with Gasteiger partial charge in [0.25, 0.3) is 0 Å². The molecule has 0 spiro atoms. The molecule has 24 heavy (non-hydrogen) atoms. The van der Waals surface area contributed by atoms with Crippen LogP contribution in [0.4, 0.5) is 0 Å². The van der Waals surface area contributed by atoms with Crippen molar-refractivity contribution < 1.29 is 9.84 Å². The Kier molecular flexibility index (Phi) is 5.00. The van der Waals surface area contributed by atoms with E-state index in [0.29, 0.717) is 12.6 Å². The molecule has 1 N–H and O–H groups in total. The van der Waals surface area contributed by atoms with E-state index in [9.17, 15) is 5.26 Å². The van der Waals surface area contributed by atoms with Gasteiger partial charge in [0, 0.05) is 27.6 Å². The van der Waals surface area contributed by atoms with Crippen molar-refractivity contribution in [3.05, 3.63) is 33.9 Å². The topological polar surface area (TPSA) is 58.2 Å². The Morgan fingerprint density at radius 2 is 2.12 bits per heavy atom. The number of aryl methyl sites for hydroxylation is 1. The van der Waals surface area contributed by atoms with Crippen LogP contribution in [0.3, 0.4) is 0 Å². The maximum Gasteiger partial charge on any atom is 0.0994 e. The quantitative estimate of drug-likeness (QED) is 0.837. The summed E-state index contributed by atoms with van der Waals surface area (Å²) in [6.45, 7) is 4.62. The van der Waals surface area contributed by atoms with Crippen LogP contribution >= 0.6 is 15.9 Å². The van der Waals surface area contributed by atoms with Crippen molar-refractivity contribution in [1.29, 1.82) is 5.26 Å². The molecule has 128 valence electrons. The lowest BCUT2D eigenvalue weighted by molar-refractivity contribution is -0.0733. The second-order valence-electron chi connectivity index (χ2n) is 6.93. The second-order valence-corrected chi connectivity index (χ2v) is 7.79. The van der Waals surface area contributed by atoms with Crippen LogP contribution in [0.25, 0.3) is 10.9 Å². The summed E-state index contributed by atoms with van der Waals surface area (Å²) in [5.41, 5.74) is 2.81. The fourth-order valence-electron chi connectivity index (χ4n) is 3.71. The van der Waals surface area contributed by atoms with Gasteiger partial charge in [-0.15, -0.1) is 0 Å². The highest BCUT2D eigenvalue weighted by atomic mass is 79.9. The Morgan fingerprint density at radius 3 is 2.75 bits per heavy atom. The van der Waals surface area contributed by atoms with E-state index in [1.54, 1.807) is 0 Å². The first-order valence-corrected chi connectivity index (χ1v) is 9.22. The number of nitrogens with zero attached hydrogens (tertiary/aromatic N) is 2. The van der Waals surface area contributed by atoms with Crippen molar-refractivity contribution in [2.24, 2.45) is 0 Å². The molecule has 1 aromatic carbocycles. The third-order valence-corrected chi connectivity index (χ3v) is 5.83. The number of aliphatic hydroxyl groups excluding tert-OH is 1. The number of hydrogen-bond acceptors (Lipinski definition) is 3. The summed E-state index contributed by atoms with van der Waals surface area (Å²) < 4.78 is 9.23. The Labute approximate surface area is 151 Å². The maximum absolute atomic E-state index is 9.25. The third kappa shape index (κ3) is 3.23. The highest BCUT2D eigenvalue weighted by Gasteiger charge is 2.33. The Bertz CT molecular complexity index is 783. The minimum absolute atomic E-state index is 0.0781. The predicted molar refractivity (Wildman–Crippen MR) is 98.0 cm³/mol. The number of nitriles is 1. The summed E-state index contributed by atoms with van der Waals surface area (Å²) >= 11 is 3.65. The van der Waals surface area contributed by atoms with E-state index in [0.717, 1.165) is 46.7 Å². The van der Waals surface area contributed by atoms with Crippen LogP contribution in [0.15, 0.2) is 22.8 Å². The summed E-state index contributed by atoms with van der Waals surface area (Å²) in [5.74, 6) is 0. The zero-order valence-electron chi connectivity index (χ0n) is 14.2. The lowest BCUT2D eigenvalue weighted by atomic mass is 9.83. The molecule has 1 aromatic heterocycles. The monoisotopic (exact) mass is 390 g/mol. The van der Waals surface area contributed by atoms with Crippen LogP contribution in [-0.2, 0) is 4.74 Å². The number of aliphatic hydroxyl groups is 1. The van der Waals surface area contributed by atoms with Crippen molar-refractivity contribution in [1.82, 2.24) is 4.57 Å². The van der Waals surface area contributed by atoms with Gasteiger partial charge in [0.05, 0.1) is 30.4 Å². The molecule has 1 fully saturated rings. The summed E-state index contributed by atoms with van der Waals surface area (Å²) in [6.07, 6.45) is 6.23. The number of rotatable bonds is 4. The minimum atomic E-state index is -0.122. The Morgan fingerprint density at radius 1 is 1.42 bits per heavy atom. The first kappa shape index (κ1) is 17.5. The van der Waals surface area contributed by atoms with E-state index in [1.165, 1.54) is 5.52 Å². The summed E-state index contributed by atoms with van der Waals surface area (Å²) in [6, 6.07) is 6.80. The number of aromatic nitrogens is 1. The fraction of sp³-hybridized carbons (Fsp3) is 0.526. The molecule has 0 aliphatic heterocycles. The zero-order chi connectivity index (χ0) is 17.3. The smallest absolute Gasteiger partial charge is 0.0994 e. The van der Waals surface area contributed by atoms with Gasteiger partial charge in [0.1, 0.15) is 0 Å². The van der Waals surface area contributed by atoms with Crippen LogP contribution in [0.5, 0.6) is 0 Å². The molecule has 1 saturated carbocycles. The molecular weight excluding hydrogens is 368 g/mol. The fourth-order valence-corrected chi connectivity index (χ4v) is 4.25. The largest absolute Gasteiger partial charge is 0.394 e. The minimum Gasteiger partial charge on any atom is -0.394 e. The van der Waals surface area contributed by atoms with E-state index in [2.05, 4.69) is 45.8 Å². The van der Waals surface area contributed by atoms with Gasteiger partial charge in [-0.05, 0) is 73.2 Å². The molecule has 4 nitrogen and oxygen atoms in total. The molecule has 5 heteroatoms. The van der Waals surface area contributed by atoms with Gasteiger partial charge in [-0.3, -0.25) is 0 Å². The van der Waals surface area contributed by atoms with Crippen LogP contribution in [0.1, 0.15) is 49.8 Å². The average molecular weight is 391 g/mol. The van der Waals surface area contributed by atoms with E-state index >= 15 is 0 Å². The molecule has 1 aliphatic rings. The van der Waals surface area contributed by atoms with Crippen molar-refractivity contribution >= 4 is 26.8 Å². The molecule has 2 aromatic rings. The lowest BCUT2D eigenvalue weighted by Crippen LogP contribution is -2.35. The van der Waals surface area contributed by atoms with Crippen LogP contribution < -0.4 is 0 Å².